The van der Waals surface area contributed by atoms with Gasteiger partial charge in [0.2, 0.25) is 0 Å². The van der Waals surface area contributed by atoms with Gasteiger partial charge < -0.3 is 15.5 Å². The summed E-state index contributed by atoms with van der Waals surface area (Å²) in [7, 11) is 1.97. The van der Waals surface area contributed by atoms with Gasteiger partial charge in [-0.25, -0.2) is 0 Å². The summed E-state index contributed by atoms with van der Waals surface area (Å²) in [6, 6.07) is 2.47. The van der Waals surface area contributed by atoms with Gasteiger partial charge in [-0.15, -0.1) is 0 Å². The first-order chi connectivity index (χ1) is 11.2. The van der Waals surface area contributed by atoms with Gasteiger partial charge in [0, 0.05) is 19.1 Å². The van der Waals surface area contributed by atoms with Gasteiger partial charge in [0.25, 0.3) is 0 Å². The lowest BCUT2D eigenvalue weighted by molar-refractivity contribution is 0.0911. The fourth-order valence-corrected chi connectivity index (χ4v) is 3.90. The molecule has 2 rings (SSSR count). The molecule has 1 saturated carbocycles. The van der Waals surface area contributed by atoms with Crippen LogP contribution in [0.4, 0.5) is 0 Å². The second-order valence-corrected chi connectivity index (χ2v) is 7.32. The zero-order chi connectivity index (χ0) is 16.5. The van der Waals surface area contributed by atoms with Crippen LogP contribution in [0.5, 0.6) is 0 Å². The highest BCUT2D eigenvalue weighted by molar-refractivity contribution is 7.07. The van der Waals surface area contributed by atoms with Crippen molar-refractivity contribution >= 4 is 11.3 Å². The van der Waals surface area contributed by atoms with Crippen molar-refractivity contribution in [1.82, 2.24) is 16.0 Å². The summed E-state index contributed by atoms with van der Waals surface area (Å²) in [6.45, 7) is 1.50. The Morgan fingerprint density at radius 1 is 1.26 bits per heavy atom. The lowest BCUT2D eigenvalue weighted by atomic mass is 9.83. The second-order valence-electron chi connectivity index (χ2n) is 6.54. The summed E-state index contributed by atoms with van der Waals surface area (Å²) in [5, 5.41) is 33.3. The highest BCUT2D eigenvalue weighted by Gasteiger charge is 2.22. The maximum absolute atomic E-state index is 9.98. The van der Waals surface area contributed by atoms with E-state index < -0.39 is 6.35 Å². The molecule has 0 saturated heterocycles. The van der Waals surface area contributed by atoms with E-state index in [1.807, 2.05) is 7.05 Å². The Morgan fingerprint density at radius 2 is 2.04 bits per heavy atom. The Hall–Kier alpha value is -0.500. The van der Waals surface area contributed by atoms with Crippen molar-refractivity contribution in [3.63, 3.8) is 0 Å². The summed E-state index contributed by atoms with van der Waals surface area (Å²) in [5.74, 6) is 0.682. The van der Waals surface area contributed by atoms with E-state index in [1.165, 1.54) is 5.56 Å². The molecule has 23 heavy (non-hydrogen) atoms. The van der Waals surface area contributed by atoms with Gasteiger partial charge in [0.15, 0.2) is 6.35 Å². The van der Waals surface area contributed by atoms with E-state index in [4.69, 9.17) is 0 Å². The molecule has 132 valence electrons. The first-order valence-corrected chi connectivity index (χ1v) is 9.63. The third kappa shape index (κ3) is 7.28. The summed E-state index contributed by atoms with van der Waals surface area (Å²) < 4.78 is 0. The molecule has 0 amide bonds. The number of likely N-dealkylation sites (N-methyl/N-ethyl adjacent to an activating group) is 1. The number of thiophene rings is 1. The second kappa shape index (κ2) is 10.4. The van der Waals surface area contributed by atoms with Crippen molar-refractivity contribution in [2.24, 2.45) is 5.92 Å². The Labute approximate surface area is 143 Å². The first kappa shape index (κ1) is 18.8. The molecule has 5 nitrogen and oxygen atoms in total. The maximum atomic E-state index is 9.98. The van der Waals surface area contributed by atoms with Crippen LogP contribution in [0.25, 0.3) is 0 Å². The minimum absolute atomic E-state index is 0.0911. The van der Waals surface area contributed by atoms with Crippen LogP contribution in [0.1, 0.15) is 37.7 Å². The number of aliphatic hydroxyl groups is 2. The summed E-state index contributed by atoms with van der Waals surface area (Å²) in [6.07, 6.45) is 5.36. The fraction of sp³-hybridized carbons (Fsp3) is 0.765. The molecular formula is C17H31N3O2S. The molecule has 1 unspecified atom stereocenters. The maximum Gasteiger partial charge on any atom is 0.160 e. The summed E-state index contributed by atoms with van der Waals surface area (Å²) in [4.78, 5) is 0. The molecule has 1 aromatic heterocycles. The van der Waals surface area contributed by atoms with Gasteiger partial charge in [-0.1, -0.05) is 0 Å². The van der Waals surface area contributed by atoms with Crippen LogP contribution in [-0.4, -0.2) is 48.8 Å². The molecule has 6 heteroatoms. The van der Waals surface area contributed by atoms with Crippen LogP contribution in [0.15, 0.2) is 16.8 Å². The number of hydrogen-bond acceptors (Lipinski definition) is 6. The standard InChI is InChI=1S/C17H31N3O2S/c1-18-15(10-13-2-4-16(21)5-3-13)11-20-17(22)19-8-6-14-7-9-23-12-14/h7,9,12-13,15-22H,2-6,8,10-11H2,1H3/t13?,15-,16?,17?/m0/s1. The van der Waals surface area contributed by atoms with Gasteiger partial charge >= 0.3 is 0 Å². The molecule has 0 bridgehead atoms. The van der Waals surface area contributed by atoms with E-state index in [9.17, 15) is 10.2 Å². The van der Waals surface area contributed by atoms with E-state index in [-0.39, 0.29) is 6.10 Å². The highest BCUT2D eigenvalue weighted by atomic mass is 32.1. The quantitative estimate of drug-likeness (QED) is 0.415. The van der Waals surface area contributed by atoms with Crippen LogP contribution in [0, 0.1) is 5.92 Å². The van der Waals surface area contributed by atoms with Crippen molar-refractivity contribution in [3.8, 4) is 0 Å². The van der Waals surface area contributed by atoms with Gasteiger partial charge in [0.05, 0.1) is 6.10 Å². The molecular weight excluding hydrogens is 310 g/mol. The van der Waals surface area contributed by atoms with E-state index >= 15 is 0 Å². The summed E-state index contributed by atoms with van der Waals surface area (Å²) >= 11 is 1.70. The zero-order valence-corrected chi connectivity index (χ0v) is 14.8. The van der Waals surface area contributed by atoms with Crippen molar-refractivity contribution < 1.29 is 10.2 Å². The molecule has 1 aliphatic carbocycles. The first-order valence-electron chi connectivity index (χ1n) is 8.68. The molecule has 1 aromatic rings. The third-order valence-corrected chi connectivity index (χ3v) is 5.46. The molecule has 0 aliphatic heterocycles. The summed E-state index contributed by atoms with van der Waals surface area (Å²) in [5.41, 5.74) is 1.31. The molecule has 5 N–H and O–H groups in total. The molecule has 0 aromatic carbocycles. The van der Waals surface area contributed by atoms with Gasteiger partial charge in [-0.3, -0.25) is 10.6 Å². The zero-order valence-electron chi connectivity index (χ0n) is 14.0. The molecule has 1 aliphatic rings. The minimum atomic E-state index is -0.669. The van der Waals surface area contributed by atoms with Gasteiger partial charge in [-0.2, -0.15) is 11.3 Å². The predicted molar refractivity (Wildman–Crippen MR) is 95.5 cm³/mol. The van der Waals surface area contributed by atoms with E-state index in [0.29, 0.717) is 12.0 Å². The average molecular weight is 342 g/mol. The van der Waals surface area contributed by atoms with Crippen molar-refractivity contribution in [3.05, 3.63) is 22.4 Å². The molecule has 1 heterocycles. The number of hydrogen-bond donors (Lipinski definition) is 5. The molecule has 2 atom stereocenters. The monoisotopic (exact) mass is 341 g/mol. The molecule has 1 fully saturated rings. The van der Waals surface area contributed by atoms with E-state index in [2.05, 4.69) is 32.8 Å². The number of rotatable bonds is 10. The van der Waals surface area contributed by atoms with Gasteiger partial charge in [0.1, 0.15) is 0 Å². The van der Waals surface area contributed by atoms with E-state index in [0.717, 1.165) is 51.6 Å². The average Bonchev–Trinajstić information content (AvgIpc) is 3.06. The normalized spacial score (nSPS) is 24.5. The fourth-order valence-electron chi connectivity index (χ4n) is 3.20. The Morgan fingerprint density at radius 3 is 2.70 bits per heavy atom. The van der Waals surface area contributed by atoms with Crippen LogP contribution < -0.4 is 16.0 Å². The number of nitrogens with one attached hydrogen (secondary N) is 3. The van der Waals surface area contributed by atoms with Crippen LogP contribution in [-0.2, 0) is 6.42 Å². The SMILES string of the molecule is CN[C@H](CNC(O)NCCc1ccsc1)CC1CCC(O)CC1. The van der Waals surface area contributed by atoms with Gasteiger partial charge in [-0.05, 0) is 73.9 Å². The topological polar surface area (TPSA) is 76.5 Å². The third-order valence-electron chi connectivity index (χ3n) is 4.73. The number of aliphatic hydroxyl groups excluding tert-OH is 2. The Balaban J connectivity index is 1.58. The Kier molecular flexibility index (Phi) is 8.50. The van der Waals surface area contributed by atoms with Crippen LogP contribution in [0.3, 0.4) is 0 Å². The minimum Gasteiger partial charge on any atom is -0.393 e. The largest absolute Gasteiger partial charge is 0.393 e. The van der Waals surface area contributed by atoms with Crippen molar-refractivity contribution in [2.45, 2.75) is 57.0 Å². The van der Waals surface area contributed by atoms with Crippen LogP contribution >= 0.6 is 11.3 Å². The molecule has 0 spiro atoms. The molecule has 0 radical (unpaired) electrons. The van der Waals surface area contributed by atoms with Crippen LogP contribution in [0.2, 0.25) is 0 Å². The predicted octanol–water partition coefficient (Wildman–Crippen LogP) is 1.27. The lowest BCUT2D eigenvalue weighted by Crippen LogP contribution is -2.48. The smallest absolute Gasteiger partial charge is 0.160 e. The van der Waals surface area contributed by atoms with E-state index in [1.54, 1.807) is 11.3 Å². The van der Waals surface area contributed by atoms with Crippen molar-refractivity contribution in [1.29, 1.82) is 0 Å². The van der Waals surface area contributed by atoms with Crippen molar-refractivity contribution in [2.75, 3.05) is 20.1 Å². The highest BCUT2D eigenvalue weighted by Crippen LogP contribution is 2.27. The Bertz CT molecular complexity index is 408. The lowest BCUT2D eigenvalue weighted by Gasteiger charge is -2.29.